The number of hydrogen-bond donors (Lipinski definition) is 0. The average Bonchev–Trinajstić information content (AvgIpc) is 2.03. The van der Waals surface area contributed by atoms with Gasteiger partial charge < -0.3 is 9.30 Å². The van der Waals surface area contributed by atoms with Gasteiger partial charge in [0.25, 0.3) is 0 Å². The van der Waals surface area contributed by atoms with Gasteiger partial charge in [-0.1, -0.05) is 0 Å². The van der Waals surface area contributed by atoms with E-state index in [2.05, 4.69) is 9.97 Å². The van der Waals surface area contributed by atoms with Crippen molar-refractivity contribution in [3.8, 4) is 5.88 Å². The molecule has 1 aromatic rings. The molecule has 5 heteroatoms. The van der Waals surface area contributed by atoms with Gasteiger partial charge in [-0.15, -0.1) is 0 Å². The maximum Gasteiger partial charge on any atom is 0.232 e. The van der Waals surface area contributed by atoms with Crippen molar-refractivity contribution in [2.45, 2.75) is 0 Å². The summed E-state index contributed by atoms with van der Waals surface area (Å²) in [7, 11) is -0.808. The van der Waals surface area contributed by atoms with Gasteiger partial charge in [-0.25, -0.2) is 4.98 Å². The smallest absolute Gasteiger partial charge is 0.232 e. The molecule has 4 nitrogen and oxygen atoms in total. The Balaban J connectivity index is 3.11. The average molecular weight is 186 g/mol. The highest BCUT2D eigenvalue weighted by atomic mass is 31.2. The SMILES string of the molecule is COc1cncc(P(C)(C)=O)n1. The van der Waals surface area contributed by atoms with Gasteiger partial charge in [0.15, 0.2) is 0 Å². The Morgan fingerprint density at radius 3 is 2.58 bits per heavy atom. The second kappa shape index (κ2) is 3.23. The fourth-order valence-corrected chi connectivity index (χ4v) is 1.38. The summed E-state index contributed by atoms with van der Waals surface area (Å²) in [5.41, 5.74) is 0.502. The van der Waals surface area contributed by atoms with Crippen molar-refractivity contribution in [3.63, 3.8) is 0 Å². The zero-order valence-electron chi connectivity index (χ0n) is 7.31. The number of rotatable bonds is 2. The summed E-state index contributed by atoms with van der Waals surface area (Å²) in [6.07, 6.45) is 2.99. The van der Waals surface area contributed by atoms with Crippen LogP contribution in [0.4, 0.5) is 0 Å². The molecule has 0 aliphatic rings. The molecule has 0 unspecified atom stereocenters. The fourth-order valence-electron chi connectivity index (χ4n) is 0.696. The van der Waals surface area contributed by atoms with Gasteiger partial charge in [0.05, 0.1) is 19.5 Å². The van der Waals surface area contributed by atoms with Gasteiger partial charge in [0, 0.05) is 0 Å². The maximum absolute atomic E-state index is 11.5. The van der Waals surface area contributed by atoms with Crippen LogP contribution >= 0.6 is 7.14 Å². The Hall–Kier alpha value is -0.890. The first-order valence-electron chi connectivity index (χ1n) is 3.45. The van der Waals surface area contributed by atoms with E-state index in [9.17, 15) is 4.57 Å². The van der Waals surface area contributed by atoms with Crippen molar-refractivity contribution >= 4 is 12.6 Å². The zero-order chi connectivity index (χ0) is 9.19. The van der Waals surface area contributed by atoms with Gasteiger partial charge >= 0.3 is 0 Å². The highest BCUT2D eigenvalue weighted by Gasteiger charge is 2.13. The van der Waals surface area contributed by atoms with Crippen LogP contribution in [-0.4, -0.2) is 30.4 Å². The van der Waals surface area contributed by atoms with E-state index in [1.54, 1.807) is 13.3 Å². The number of methoxy groups -OCH3 is 1. The molecular formula is C7H11N2O2P. The zero-order valence-corrected chi connectivity index (χ0v) is 8.21. The third kappa shape index (κ3) is 2.05. The van der Waals surface area contributed by atoms with Crippen LogP contribution < -0.4 is 10.2 Å². The Labute approximate surface area is 71.4 Å². The molecule has 1 rings (SSSR count). The molecule has 0 aromatic carbocycles. The lowest BCUT2D eigenvalue weighted by Crippen LogP contribution is -2.09. The third-order valence-corrected chi connectivity index (χ3v) is 2.68. The predicted octanol–water partition coefficient (Wildman–Crippen LogP) is 0.733. The molecule has 0 bridgehead atoms. The Bertz CT molecular complexity index is 321. The molecule has 0 radical (unpaired) electrons. The fraction of sp³-hybridized carbons (Fsp3) is 0.429. The largest absolute Gasteiger partial charge is 0.480 e. The normalized spacial score (nSPS) is 11.2. The molecule has 12 heavy (non-hydrogen) atoms. The molecule has 0 aliphatic carbocycles. The van der Waals surface area contributed by atoms with Gasteiger partial charge in [-0.05, 0) is 13.3 Å². The summed E-state index contributed by atoms with van der Waals surface area (Å²) in [5, 5.41) is 0. The molecule has 1 aromatic heterocycles. The van der Waals surface area contributed by atoms with Crippen LogP contribution in [0.2, 0.25) is 0 Å². The van der Waals surface area contributed by atoms with E-state index in [1.807, 2.05) is 0 Å². The highest BCUT2D eigenvalue weighted by Crippen LogP contribution is 2.33. The first-order valence-corrected chi connectivity index (χ1v) is 6.06. The third-order valence-electron chi connectivity index (χ3n) is 1.36. The van der Waals surface area contributed by atoms with E-state index in [0.29, 0.717) is 11.3 Å². The number of ether oxygens (including phenoxy) is 1. The van der Waals surface area contributed by atoms with Crippen LogP contribution in [0.5, 0.6) is 5.88 Å². The Morgan fingerprint density at radius 2 is 2.08 bits per heavy atom. The van der Waals surface area contributed by atoms with E-state index in [0.717, 1.165) is 0 Å². The minimum Gasteiger partial charge on any atom is -0.480 e. The Morgan fingerprint density at radius 1 is 1.42 bits per heavy atom. The monoisotopic (exact) mass is 186 g/mol. The van der Waals surface area contributed by atoms with Crippen LogP contribution in [-0.2, 0) is 4.57 Å². The van der Waals surface area contributed by atoms with Crippen LogP contribution in [0.3, 0.4) is 0 Å². The molecular weight excluding hydrogens is 175 g/mol. The van der Waals surface area contributed by atoms with Crippen molar-refractivity contribution in [1.29, 1.82) is 0 Å². The molecule has 0 amide bonds. The van der Waals surface area contributed by atoms with Gasteiger partial charge in [-0.3, -0.25) is 4.98 Å². The summed E-state index contributed by atoms with van der Waals surface area (Å²) in [5.74, 6) is 0.399. The molecule has 0 spiro atoms. The van der Waals surface area contributed by atoms with Crippen molar-refractivity contribution in [2.75, 3.05) is 20.4 Å². The molecule has 0 N–H and O–H groups in total. The molecule has 66 valence electrons. The summed E-state index contributed by atoms with van der Waals surface area (Å²) in [4.78, 5) is 7.88. The Kier molecular flexibility index (Phi) is 2.48. The van der Waals surface area contributed by atoms with Crippen molar-refractivity contribution in [1.82, 2.24) is 9.97 Å². The quantitative estimate of drug-likeness (QED) is 0.639. The predicted molar refractivity (Wildman–Crippen MR) is 47.7 cm³/mol. The minimum atomic E-state index is -2.31. The summed E-state index contributed by atoms with van der Waals surface area (Å²) in [6.45, 7) is 3.30. The number of hydrogen-bond acceptors (Lipinski definition) is 4. The summed E-state index contributed by atoms with van der Waals surface area (Å²) in [6, 6.07) is 0. The lowest BCUT2D eigenvalue weighted by Gasteiger charge is -2.05. The molecule has 0 fully saturated rings. The molecule has 0 saturated heterocycles. The minimum absolute atomic E-state index is 0.399. The first kappa shape index (κ1) is 9.20. The van der Waals surface area contributed by atoms with E-state index in [-0.39, 0.29) is 0 Å². The van der Waals surface area contributed by atoms with E-state index in [1.165, 1.54) is 19.5 Å². The van der Waals surface area contributed by atoms with Gasteiger partial charge in [0.2, 0.25) is 5.88 Å². The second-order valence-corrected chi connectivity index (χ2v) is 5.93. The van der Waals surface area contributed by atoms with Crippen molar-refractivity contribution in [2.24, 2.45) is 0 Å². The molecule has 0 atom stereocenters. The lowest BCUT2D eigenvalue weighted by molar-refractivity contribution is 0.396. The van der Waals surface area contributed by atoms with E-state index < -0.39 is 7.14 Å². The first-order chi connectivity index (χ1) is 5.54. The van der Waals surface area contributed by atoms with Crippen molar-refractivity contribution < 1.29 is 9.30 Å². The summed E-state index contributed by atoms with van der Waals surface area (Å²) >= 11 is 0. The van der Waals surface area contributed by atoms with Crippen LogP contribution in [0.25, 0.3) is 0 Å². The lowest BCUT2D eigenvalue weighted by atomic mass is 10.7. The standard InChI is InChI=1S/C7H11N2O2P/c1-11-6-4-8-5-7(9-6)12(2,3)10/h4-5H,1-3H3. The van der Waals surface area contributed by atoms with Gasteiger partial charge in [-0.2, -0.15) is 0 Å². The van der Waals surface area contributed by atoms with E-state index in [4.69, 9.17) is 4.74 Å². The number of aromatic nitrogens is 2. The second-order valence-electron chi connectivity index (χ2n) is 2.77. The van der Waals surface area contributed by atoms with Crippen LogP contribution in [0.15, 0.2) is 12.4 Å². The topological polar surface area (TPSA) is 52.1 Å². The summed E-state index contributed by atoms with van der Waals surface area (Å²) < 4.78 is 16.4. The van der Waals surface area contributed by atoms with Crippen molar-refractivity contribution in [3.05, 3.63) is 12.4 Å². The molecule has 1 heterocycles. The van der Waals surface area contributed by atoms with E-state index >= 15 is 0 Å². The molecule has 0 aliphatic heterocycles. The van der Waals surface area contributed by atoms with Gasteiger partial charge in [0.1, 0.15) is 12.6 Å². The van der Waals surface area contributed by atoms with Crippen LogP contribution in [0, 0.1) is 0 Å². The maximum atomic E-state index is 11.5. The number of nitrogens with zero attached hydrogens (tertiary/aromatic N) is 2. The highest BCUT2D eigenvalue weighted by molar-refractivity contribution is 7.69. The molecule has 0 saturated carbocycles. The van der Waals surface area contributed by atoms with Crippen LogP contribution in [0.1, 0.15) is 0 Å².